The van der Waals surface area contributed by atoms with Crippen LogP contribution in [0, 0.1) is 11.8 Å². The number of nitrogens with one attached hydrogen (secondary N) is 1. The van der Waals surface area contributed by atoms with Gasteiger partial charge in [0.15, 0.2) is 0 Å². The van der Waals surface area contributed by atoms with Crippen molar-refractivity contribution < 1.29 is 14.0 Å². The standard InChI is InChI=1S/C21H33N3O3/c1-16-5-4-9-24(13-16)21(2,3)15-22-19(25)17-6-10-23(11-7-17)20(26)18-8-12-27-14-18/h8,12,14,16-17H,4-7,9-11,13,15H2,1-3H3,(H,22,25). The maximum absolute atomic E-state index is 12.6. The third kappa shape index (κ3) is 4.92. The van der Waals surface area contributed by atoms with Gasteiger partial charge in [0.1, 0.15) is 6.26 Å². The highest BCUT2D eigenvalue weighted by Crippen LogP contribution is 2.24. The van der Waals surface area contributed by atoms with Crippen LogP contribution in [0.3, 0.4) is 0 Å². The quantitative estimate of drug-likeness (QED) is 0.859. The number of hydrogen-bond donors (Lipinski definition) is 1. The largest absolute Gasteiger partial charge is 0.472 e. The van der Waals surface area contributed by atoms with Gasteiger partial charge >= 0.3 is 0 Å². The second-order valence-corrected chi connectivity index (χ2v) is 8.80. The van der Waals surface area contributed by atoms with Crippen molar-refractivity contribution in [1.29, 1.82) is 0 Å². The molecular weight excluding hydrogens is 342 g/mol. The van der Waals surface area contributed by atoms with Crippen LogP contribution in [0.25, 0.3) is 0 Å². The fourth-order valence-electron chi connectivity index (χ4n) is 4.21. The minimum absolute atomic E-state index is 0.00511. The van der Waals surface area contributed by atoms with Gasteiger partial charge in [-0.2, -0.15) is 0 Å². The van der Waals surface area contributed by atoms with E-state index in [1.807, 2.05) is 4.90 Å². The van der Waals surface area contributed by atoms with Crippen LogP contribution < -0.4 is 5.32 Å². The minimum atomic E-state index is -0.0255. The molecule has 1 aromatic rings. The van der Waals surface area contributed by atoms with E-state index in [2.05, 4.69) is 31.0 Å². The van der Waals surface area contributed by atoms with Crippen LogP contribution in [-0.2, 0) is 4.79 Å². The first kappa shape index (κ1) is 19.9. The molecule has 1 N–H and O–H groups in total. The van der Waals surface area contributed by atoms with E-state index in [0.29, 0.717) is 25.2 Å². The molecular formula is C21H33N3O3. The van der Waals surface area contributed by atoms with Gasteiger partial charge in [0.2, 0.25) is 5.91 Å². The molecule has 2 amide bonds. The van der Waals surface area contributed by atoms with Crippen LogP contribution in [0.5, 0.6) is 0 Å². The second kappa shape index (κ2) is 8.46. The van der Waals surface area contributed by atoms with Gasteiger partial charge in [0.25, 0.3) is 5.91 Å². The molecule has 3 heterocycles. The third-order valence-corrected chi connectivity index (χ3v) is 6.13. The summed E-state index contributed by atoms with van der Waals surface area (Å²) in [6.07, 6.45) is 6.97. The molecule has 0 spiro atoms. The van der Waals surface area contributed by atoms with Gasteiger partial charge in [-0.3, -0.25) is 14.5 Å². The Bertz CT molecular complexity index is 633. The summed E-state index contributed by atoms with van der Waals surface area (Å²) in [5.41, 5.74) is 0.554. The lowest BCUT2D eigenvalue weighted by Gasteiger charge is -2.43. The Hall–Kier alpha value is -1.82. The average molecular weight is 376 g/mol. The molecule has 2 aliphatic rings. The maximum Gasteiger partial charge on any atom is 0.257 e. The van der Waals surface area contributed by atoms with E-state index in [1.54, 1.807) is 6.07 Å². The van der Waals surface area contributed by atoms with Crippen LogP contribution in [-0.4, -0.2) is 59.9 Å². The van der Waals surface area contributed by atoms with Crippen molar-refractivity contribution in [3.63, 3.8) is 0 Å². The summed E-state index contributed by atoms with van der Waals surface area (Å²) in [5.74, 6) is 0.840. The Morgan fingerprint density at radius 1 is 1.22 bits per heavy atom. The van der Waals surface area contributed by atoms with Crippen molar-refractivity contribution in [2.45, 2.75) is 52.0 Å². The molecule has 150 valence electrons. The number of rotatable bonds is 5. The van der Waals surface area contributed by atoms with Crippen molar-refractivity contribution >= 4 is 11.8 Å². The van der Waals surface area contributed by atoms with Crippen LogP contribution in [0.4, 0.5) is 0 Å². The highest BCUT2D eigenvalue weighted by Gasteiger charge is 2.32. The lowest BCUT2D eigenvalue weighted by molar-refractivity contribution is -0.127. The molecule has 1 unspecified atom stereocenters. The number of carbonyl (C=O) groups excluding carboxylic acids is 2. The number of amides is 2. The zero-order valence-electron chi connectivity index (χ0n) is 16.9. The van der Waals surface area contributed by atoms with Gasteiger partial charge in [-0.1, -0.05) is 6.92 Å². The van der Waals surface area contributed by atoms with Gasteiger partial charge in [-0.05, 0) is 58.1 Å². The van der Waals surface area contributed by atoms with E-state index in [0.717, 1.165) is 31.8 Å². The summed E-state index contributed by atoms with van der Waals surface area (Å²) in [6, 6.07) is 1.69. The molecule has 6 nitrogen and oxygen atoms in total. The van der Waals surface area contributed by atoms with E-state index in [9.17, 15) is 9.59 Å². The van der Waals surface area contributed by atoms with Gasteiger partial charge in [-0.15, -0.1) is 0 Å². The summed E-state index contributed by atoms with van der Waals surface area (Å²) < 4.78 is 4.99. The first-order valence-electron chi connectivity index (χ1n) is 10.2. The normalized spacial score (nSPS) is 22.6. The van der Waals surface area contributed by atoms with Crippen molar-refractivity contribution in [3.05, 3.63) is 24.2 Å². The lowest BCUT2D eigenvalue weighted by Crippen LogP contribution is -2.55. The summed E-state index contributed by atoms with van der Waals surface area (Å²) in [6.45, 7) is 10.9. The van der Waals surface area contributed by atoms with Gasteiger partial charge < -0.3 is 14.6 Å². The zero-order chi connectivity index (χ0) is 19.4. The summed E-state index contributed by atoms with van der Waals surface area (Å²) in [5, 5.41) is 3.18. The number of carbonyl (C=O) groups is 2. The summed E-state index contributed by atoms with van der Waals surface area (Å²) in [4.78, 5) is 29.3. The monoisotopic (exact) mass is 375 g/mol. The number of piperidine rings is 2. The molecule has 3 rings (SSSR count). The van der Waals surface area contributed by atoms with Crippen molar-refractivity contribution in [1.82, 2.24) is 15.1 Å². The first-order chi connectivity index (χ1) is 12.9. The van der Waals surface area contributed by atoms with E-state index >= 15 is 0 Å². The van der Waals surface area contributed by atoms with E-state index in [-0.39, 0.29) is 23.3 Å². The zero-order valence-corrected chi connectivity index (χ0v) is 16.9. The summed E-state index contributed by atoms with van der Waals surface area (Å²) >= 11 is 0. The van der Waals surface area contributed by atoms with Crippen molar-refractivity contribution in [2.75, 3.05) is 32.7 Å². The topological polar surface area (TPSA) is 65.8 Å². The number of nitrogens with zero attached hydrogens (tertiary/aromatic N) is 2. The Balaban J connectivity index is 1.44. The van der Waals surface area contributed by atoms with Crippen LogP contribution in [0.2, 0.25) is 0 Å². The SMILES string of the molecule is CC1CCCN(C(C)(C)CNC(=O)C2CCN(C(=O)c3ccoc3)CC2)C1. The lowest BCUT2D eigenvalue weighted by atomic mass is 9.92. The molecule has 1 atom stereocenters. The predicted molar refractivity (Wildman–Crippen MR) is 104 cm³/mol. The Labute approximate surface area is 162 Å². The molecule has 0 radical (unpaired) electrons. The molecule has 0 aliphatic carbocycles. The predicted octanol–water partition coefficient (Wildman–Crippen LogP) is 2.76. The highest BCUT2D eigenvalue weighted by molar-refractivity contribution is 5.94. The van der Waals surface area contributed by atoms with Gasteiger partial charge in [-0.25, -0.2) is 0 Å². The van der Waals surface area contributed by atoms with E-state index in [4.69, 9.17) is 4.42 Å². The molecule has 2 saturated heterocycles. The second-order valence-electron chi connectivity index (χ2n) is 8.80. The minimum Gasteiger partial charge on any atom is -0.472 e. The number of likely N-dealkylation sites (tertiary alicyclic amines) is 2. The Kier molecular flexibility index (Phi) is 6.25. The molecule has 2 aliphatic heterocycles. The molecule has 27 heavy (non-hydrogen) atoms. The van der Waals surface area contributed by atoms with Crippen LogP contribution in [0.1, 0.15) is 56.8 Å². The van der Waals surface area contributed by atoms with Crippen molar-refractivity contribution in [2.24, 2.45) is 11.8 Å². The fourth-order valence-corrected chi connectivity index (χ4v) is 4.21. The maximum atomic E-state index is 12.6. The molecule has 2 fully saturated rings. The Morgan fingerprint density at radius 3 is 2.59 bits per heavy atom. The van der Waals surface area contributed by atoms with E-state index in [1.165, 1.54) is 25.4 Å². The molecule has 6 heteroatoms. The number of hydrogen-bond acceptors (Lipinski definition) is 4. The molecule has 0 aromatic carbocycles. The average Bonchev–Trinajstić information content (AvgIpc) is 3.20. The fraction of sp³-hybridized carbons (Fsp3) is 0.714. The first-order valence-corrected chi connectivity index (χ1v) is 10.2. The van der Waals surface area contributed by atoms with E-state index < -0.39 is 0 Å². The molecule has 0 bridgehead atoms. The molecule has 0 saturated carbocycles. The van der Waals surface area contributed by atoms with Gasteiger partial charge in [0, 0.05) is 37.6 Å². The van der Waals surface area contributed by atoms with Crippen LogP contribution in [0.15, 0.2) is 23.0 Å². The third-order valence-electron chi connectivity index (χ3n) is 6.13. The summed E-state index contributed by atoms with van der Waals surface area (Å²) in [7, 11) is 0. The highest BCUT2D eigenvalue weighted by atomic mass is 16.3. The molecule has 1 aromatic heterocycles. The number of furan rings is 1. The van der Waals surface area contributed by atoms with Crippen molar-refractivity contribution in [3.8, 4) is 0 Å². The van der Waals surface area contributed by atoms with Gasteiger partial charge in [0.05, 0.1) is 11.8 Å². The Morgan fingerprint density at radius 2 is 1.96 bits per heavy atom. The van der Waals surface area contributed by atoms with Crippen LogP contribution >= 0.6 is 0 Å². The smallest absolute Gasteiger partial charge is 0.257 e.